The molecule has 0 spiro atoms. The Morgan fingerprint density at radius 2 is 1.93 bits per heavy atom. The van der Waals surface area contributed by atoms with E-state index >= 15 is 0 Å². The summed E-state index contributed by atoms with van der Waals surface area (Å²) < 4.78 is 14.4. The summed E-state index contributed by atoms with van der Waals surface area (Å²) >= 11 is 0. The number of nitrogens with one attached hydrogen (secondary N) is 2. The van der Waals surface area contributed by atoms with Gasteiger partial charge < -0.3 is 10.6 Å². The molecule has 0 unspecified atom stereocenters. The number of aromatic nitrogens is 5. The fourth-order valence-corrected chi connectivity index (χ4v) is 3.44. The number of halogens is 1. The average molecular weight is 381 g/mol. The molecule has 2 N–H and O–H groups in total. The van der Waals surface area contributed by atoms with Crippen LogP contribution in [0.4, 0.5) is 10.2 Å². The van der Waals surface area contributed by atoms with Gasteiger partial charge >= 0.3 is 0 Å². The highest BCUT2D eigenvalue weighted by molar-refractivity contribution is 5.98. The Bertz CT molecular complexity index is 959. The summed E-state index contributed by atoms with van der Waals surface area (Å²) in [5.41, 5.74) is 1.07. The number of nitrogens with zero attached hydrogens (tertiary/aromatic N) is 5. The molecule has 0 radical (unpaired) electrons. The molecule has 4 rings (SSSR count). The number of anilines is 1. The summed E-state index contributed by atoms with van der Waals surface area (Å²) in [6.07, 6.45) is 8.95. The van der Waals surface area contributed by atoms with Gasteiger partial charge in [0.1, 0.15) is 11.5 Å². The molecular formula is C19H20FN7O. The molecule has 1 aliphatic carbocycles. The minimum absolute atomic E-state index is 0.0285. The monoisotopic (exact) mass is 381 g/mol. The van der Waals surface area contributed by atoms with E-state index in [-0.39, 0.29) is 29.2 Å². The molecule has 0 bridgehead atoms. The number of amides is 1. The molecule has 2 atom stereocenters. The molecule has 0 saturated heterocycles. The van der Waals surface area contributed by atoms with Crippen LogP contribution in [0.5, 0.6) is 0 Å². The second-order valence-electron chi connectivity index (χ2n) is 6.76. The number of aryl methyl sites for hydroxylation is 1. The van der Waals surface area contributed by atoms with Gasteiger partial charge in [0.05, 0.1) is 36.0 Å². The predicted molar refractivity (Wildman–Crippen MR) is 101 cm³/mol. The highest BCUT2D eigenvalue weighted by Gasteiger charge is 2.30. The molecular weight excluding hydrogens is 361 g/mol. The van der Waals surface area contributed by atoms with Crippen LogP contribution in [-0.4, -0.2) is 43.0 Å². The molecule has 1 fully saturated rings. The first-order valence-electron chi connectivity index (χ1n) is 9.13. The van der Waals surface area contributed by atoms with Crippen molar-refractivity contribution in [1.82, 2.24) is 30.3 Å². The smallest absolute Gasteiger partial charge is 0.253 e. The number of para-hydroxylation sites is 1. The first kappa shape index (κ1) is 18.0. The predicted octanol–water partition coefficient (Wildman–Crippen LogP) is 2.27. The van der Waals surface area contributed by atoms with Crippen LogP contribution >= 0.6 is 0 Å². The van der Waals surface area contributed by atoms with Crippen molar-refractivity contribution < 1.29 is 9.18 Å². The van der Waals surface area contributed by atoms with Gasteiger partial charge in [-0.1, -0.05) is 6.07 Å². The third-order valence-electron chi connectivity index (χ3n) is 4.80. The zero-order chi connectivity index (χ0) is 19.5. The van der Waals surface area contributed by atoms with Crippen LogP contribution in [0.15, 0.2) is 43.0 Å². The summed E-state index contributed by atoms with van der Waals surface area (Å²) in [6.45, 7) is 1.88. The van der Waals surface area contributed by atoms with Crippen molar-refractivity contribution in [2.45, 2.75) is 38.3 Å². The summed E-state index contributed by atoms with van der Waals surface area (Å²) in [7, 11) is 0. The number of benzene rings is 1. The van der Waals surface area contributed by atoms with Gasteiger partial charge in [0.15, 0.2) is 5.82 Å². The van der Waals surface area contributed by atoms with Crippen LogP contribution in [0, 0.1) is 12.7 Å². The zero-order valence-electron chi connectivity index (χ0n) is 15.3. The number of carbonyl (C=O) groups excluding carboxylic acids is 1. The first-order valence-corrected chi connectivity index (χ1v) is 9.13. The van der Waals surface area contributed by atoms with Crippen LogP contribution in [0.25, 0.3) is 5.69 Å². The quantitative estimate of drug-likeness (QED) is 0.704. The molecule has 28 heavy (non-hydrogen) atoms. The van der Waals surface area contributed by atoms with E-state index in [0.717, 1.165) is 29.8 Å². The van der Waals surface area contributed by atoms with Gasteiger partial charge in [0.2, 0.25) is 0 Å². The summed E-state index contributed by atoms with van der Waals surface area (Å²) in [4.78, 5) is 22.6. The minimum atomic E-state index is -0.556. The molecule has 1 aliphatic rings. The summed E-state index contributed by atoms with van der Waals surface area (Å²) in [6, 6.07) is 4.28. The number of rotatable bonds is 5. The Morgan fingerprint density at radius 1 is 1.14 bits per heavy atom. The Balaban J connectivity index is 1.52. The average Bonchev–Trinajstić information content (AvgIpc) is 3.36. The normalized spacial score (nSPS) is 18.8. The molecule has 144 valence electrons. The molecule has 2 aromatic heterocycles. The first-order chi connectivity index (χ1) is 13.6. The van der Waals surface area contributed by atoms with E-state index in [9.17, 15) is 9.18 Å². The summed E-state index contributed by atoms with van der Waals surface area (Å²) in [5.74, 6) is -0.246. The topological polar surface area (TPSA) is 97.6 Å². The zero-order valence-corrected chi connectivity index (χ0v) is 15.3. The van der Waals surface area contributed by atoms with Crippen molar-refractivity contribution in [2.24, 2.45) is 0 Å². The maximum absolute atomic E-state index is 14.4. The van der Waals surface area contributed by atoms with Gasteiger partial charge in [-0.3, -0.25) is 9.78 Å². The molecule has 8 nitrogen and oxygen atoms in total. The van der Waals surface area contributed by atoms with E-state index in [1.807, 2.05) is 6.92 Å². The molecule has 2 heterocycles. The van der Waals surface area contributed by atoms with E-state index < -0.39 is 5.82 Å². The lowest BCUT2D eigenvalue weighted by atomic mass is 10.1. The largest absolute Gasteiger partial charge is 0.364 e. The van der Waals surface area contributed by atoms with Crippen LogP contribution in [-0.2, 0) is 0 Å². The summed E-state index contributed by atoms with van der Waals surface area (Å²) in [5, 5.41) is 14.3. The lowest BCUT2D eigenvalue weighted by Crippen LogP contribution is -2.43. The van der Waals surface area contributed by atoms with Crippen LogP contribution in [0.2, 0.25) is 0 Å². The van der Waals surface area contributed by atoms with Gasteiger partial charge in [0.25, 0.3) is 5.91 Å². The van der Waals surface area contributed by atoms with Crippen molar-refractivity contribution in [2.75, 3.05) is 5.32 Å². The van der Waals surface area contributed by atoms with E-state index in [1.54, 1.807) is 18.5 Å². The highest BCUT2D eigenvalue weighted by Crippen LogP contribution is 2.24. The van der Waals surface area contributed by atoms with E-state index in [1.165, 1.54) is 24.5 Å². The minimum Gasteiger partial charge on any atom is -0.364 e. The van der Waals surface area contributed by atoms with E-state index in [2.05, 4.69) is 30.8 Å². The van der Waals surface area contributed by atoms with Gasteiger partial charge in [-0.15, -0.1) is 4.80 Å². The molecule has 9 heteroatoms. The van der Waals surface area contributed by atoms with Crippen molar-refractivity contribution in [3.8, 4) is 5.69 Å². The van der Waals surface area contributed by atoms with Crippen LogP contribution in [0.1, 0.15) is 35.3 Å². The number of carbonyl (C=O) groups is 1. The maximum atomic E-state index is 14.4. The number of hydrogen-bond acceptors (Lipinski definition) is 6. The Morgan fingerprint density at radius 3 is 2.68 bits per heavy atom. The van der Waals surface area contributed by atoms with E-state index in [4.69, 9.17) is 0 Å². The van der Waals surface area contributed by atoms with Crippen molar-refractivity contribution in [3.63, 3.8) is 0 Å². The van der Waals surface area contributed by atoms with Gasteiger partial charge in [-0.05, 0) is 38.3 Å². The van der Waals surface area contributed by atoms with Crippen LogP contribution < -0.4 is 10.6 Å². The SMILES string of the molecule is Cc1cnc(N[C@H]2CCC[C@@H]2NC(=O)c2cccc(F)c2-n2nccn2)cn1. The van der Waals surface area contributed by atoms with Gasteiger partial charge in [-0.2, -0.15) is 10.2 Å². The lowest BCUT2D eigenvalue weighted by molar-refractivity contribution is 0.0935. The highest BCUT2D eigenvalue weighted by atomic mass is 19.1. The standard InChI is InChI=1S/C19H20FN7O/c1-12-10-22-17(11-21-12)25-15-6-3-7-16(15)26-19(28)13-4-2-5-14(20)18(13)27-23-8-9-24-27/h2,4-5,8-11,15-16H,3,6-7H2,1H3,(H,22,25)(H,26,28)/t15-,16-/m0/s1. The maximum Gasteiger partial charge on any atom is 0.253 e. The van der Waals surface area contributed by atoms with Gasteiger partial charge in [0, 0.05) is 12.1 Å². The van der Waals surface area contributed by atoms with Crippen LogP contribution in [0.3, 0.4) is 0 Å². The van der Waals surface area contributed by atoms with Gasteiger partial charge in [-0.25, -0.2) is 9.37 Å². The van der Waals surface area contributed by atoms with Crippen molar-refractivity contribution >= 4 is 11.7 Å². The second kappa shape index (κ2) is 7.71. The lowest BCUT2D eigenvalue weighted by Gasteiger charge is -2.23. The molecule has 1 aromatic carbocycles. The molecule has 0 aliphatic heterocycles. The van der Waals surface area contributed by atoms with Crippen molar-refractivity contribution in [3.05, 3.63) is 60.1 Å². The number of hydrogen-bond donors (Lipinski definition) is 2. The Labute approximate surface area is 161 Å². The third-order valence-corrected chi connectivity index (χ3v) is 4.80. The molecule has 1 saturated carbocycles. The molecule has 3 aromatic rings. The Kier molecular flexibility index (Phi) is 4.96. The third kappa shape index (κ3) is 3.68. The fourth-order valence-electron chi connectivity index (χ4n) is 3.44. The molecule has 1 amide bonds. The fraction of sp³-hybridized carbons (Fsp3) is 0.316. The van der Waals surface area contributed by atoms with Crippen molar-refractivity contribution in [1.29, 1.82) is 0 Å². The Hall–Kier alpha value is -3.36. The van der Waals surface area contributed by atoms with E-state index in [0.29, 0.717) is 5.82 Å². The second-order valence-corrected chi connectivity index (χ2v) is 6.76.